The molecule has 0 aliphatic rings. The monoisotopic (exact) mass is 171 g/mol. The molecular weight excluding hydrogens is 154 g/mol. The maximum Gasteiger partial charge on any atom is 0.330 e. The summed E-state index contributed by atoms with van der Waals surface area (Å²) >= 11 is 0. The molecule has 0 aromatic carbocycles. The van der Waals surface area contributed by atoms with Gasteiger partial charge in [-0.05, 0) is 6.92 Å². The van der Waals surface area contributed by atoms with Crippen LogP contribution >= 0.6 is 0 Å². The summed E-state index contributed by atoms with van der Waals surface area (Å²) in [6.07, 6.45) is 1.50. The van der Waals surface area contributed by atoms with E-state index in [1.807, 2.05) is 6.92 Å². The lowest BCUT2D eigenvalue weighted by Crippen LogP contribution is -2.24. The molecule has 0 aliphatic heterocycles. The summed E-state index contributed by atoms with van der Waals surface area (Å²) in [5.41, 5.74) is 0.982. The van der Waals surface area contributed by atoms with E-state index in [0.717, 1.165) is 12.1 Å². The Balaban J connectivity index is 3.78. The molecule has 0 aromatic heterocycles. The Bertz CT molecular complexity index is 173. The van der Waals surface area contributed by atoms with Crippen LogP contribution in [0.4, 0.5) is 0 Å². The van der Waals surface area contributed by atoms with Gasteiger partial charge in [-0.3, -0.25) is 0 Å². The standard InChI is InChI=1S/C9H17NO2/c1-7(2)10-6-8(3)5-9(11)12-4/h5,7,10H,6H2,1-4H3/b8-5+. The second kappa shape index (κ2) is 5.77. The van der Waals surface area contributed by atoms with Gasteiger partial charge in [0.2, 0.25) is 0 Å². The largest absolute Gasteiger partial charge is 0.466 e. The van der Waals surface area contributed by atoms with E-state index in [2.05, 4.69) is 23.9 Å². The normalized spacial score (nSPS) is 11.9. The van der Waals surface area contributed by atoms with Gasteiger partial charge in [0, 0.05) is 18.7 Å². The Morgan fingerprint density at radius 3 is 2.58 bits per heavy atom. The molecule has 0 aliphatic carbocycles. The van der Waals surface area contributed by atoms with Crippen molar-refractivity contribution in [2.45, 2.75) is 26.8 Å². The van der Waals surface area contributed by atoms with Gasteiger partial charge in [-0.25, -0.2) is 4.79 Å². The number of ether oxygens (including phenoxy) is 1. The van der Waals surface area contributed by atoms with E-state index in [4.69, 9.17) is 0 Å². The first-order valence-corrected chi connectivity index (χ1v) is 4.04. The van der Waals surface area contributed by atoms with E-state index < -0.39 is 0 Å². The van der Waals surface area contributed by atoms with Crippen LogP contribution in [0.1, 0.15) is 20.8 Å². The summed E-state index contributed by atoms with van der Waals surface area (Å²) in [6, 6.07) is 0.436. The number of hydrogen-bond acceptors (Lipinski definition) is 3. The van der Waals surface area contributed by atoms with Crippen molar-refractivity contribution in [1.82, 2.24) is 5.32 Å². The minimum absolute atomic E-state index is 0.293. The fourth-order valence-corrected chi connectivity index (χ4v) is 0.676. The SMILES string of the molecule is COC(=O)/C=C(\C)CNC(C)C. The zero-order valence-corrected chi connectivity index (χ0v) is 8.18. The van der Waals surface area contributed by atoms with Crippen molar-refractivity contribution in [2.24, 2.45) is 0 Å². The zero-order valence-electron chi connectivity index (χ0n) is 8.18. The molecule has 0 radical (unpaired) electrons. The summed E-state index contributed by atoms with van der Waals surface area (Å²) in [5, 5.41) is 3.20. The average molecular weight is 171 g/mol. The third-order valence-electron chi connectivity index (χ3n) is 1.35. The first-order chi connectivity index (χ1) is 5.56. The van der Waals surface area contributed by atoms with Gasteiger partial charge >= 0.3 is 5.97 Å². The predicted octanol–water partition coefficient (Wildman–Crippen LogP) is 1.10. The number of esters is 1. The van der Waals surface area contributed by atoms with Crippen LogP contribution in [-0.4, -0.2) is 25.7 Å². The highest BCUT2D eigenvalue weighted by Crippen LogP contribution is 1.92. The summed E-state index contributed by atoms with van der Waals surface area (Å²) in [7, 11) is 1.38. The number of nitrogens with one attached hydrogen (secondary N) is 1. The van der Waals surface area contributed by atoms with E-state index in [1.165, 1.54) is 13.2 Å². The Labute approximate surface area is 73.8 Å². The van der Waals surface area contributed by atoms with Crippen molar-refractivity contribution in [3.05, 3.63) is 11.6 Å². The molecule has 70 valence electrons. The predicted molar refractivity (Wildman–Crippen MR) is 48.9 cm³/mol. The van der Waals surface area contributed by atoms with Crippen molar-refractivity contribution < 1.29 is 9.53 Å². The van der Waals surface area contributed by atoms with Crippen LogP contribution in [0.3, 0.4) is 0 Å². The highest BCUT2D eigenvalue weighted by atomic mass is 16.5. The molecule has 0 fully saturated rings. The molecule has 0 atom stereocenters. The second-order valence-electron chi connectivity index (χ2n) is 3.05. The molecule has 0 saturated carbocycles. The number of methoxy groups -OCH3 is 1. The molecular formula is C9H17NO2. The van der Waals surface area contributed by atoms with Gasteiger partial charge in [0.05, 0.1) is 7.11 Å². The average Bonchev–Trinajstić information content (AvgIpc) is 2.00. The van der Waals surface area contributed by atoms with Gasteiger partial charge in [-0.15, -0.1) is 0 Å². The van der Waals surface area contributed by atoms with Crippen LogP contribution in [0.25, 0.3) is 0 Å². The van der Waals surface area contributed by atoms with E-state index in [-0.39, 0.29) is 5.97 Å². The van der Waals surface area contributed by atoms with E-state index in [9.17, 15) is 4.79 Å². The van der Waals surface area contributed by atoms with Crippen LogP contribution in [-0.2, 0) is 9.53 Å². The van der Waals surface area contributed by atoms with Gasteiger partial charge < -0.3 is 10.1 Å². The Kier molecular flexibility index (Phi) is 5.37. The fourth-order valence-electron chi connectivity index (χ4n) is 0.676. The molecule has 3 nitrogen and oxygen atoms in total. The Morgan fingerprint density at radius 1 is 1.58 bits per heavy atom. The number of carbonyl (C=O) groups is 1. The van der Waals surface area contributed by atoms with Crippen molar-refractivity contribution in [3.8, 4) is 0 Å². The van der Waals surface area contributed by atoms with Crippen molar-refractivity contribution in [2.75, 3.05) is 13.7 Å². The maximum absolute atomic E-state index is 10.7. The molecule has 0 amide bonds. The lowest BCUT2D eigenvalue weighted by atomic mass is 10.2. The third kappa shape index (κ3) is 5.92. The third-order valence-corrected chi connectivity index (χ3v) is 1.35. The summed E-state index contributed by atoms with van der Waals surface area (Å²) in [4.78, 5) is 10.7. The quantitative estimate of drug-likeness (QED) is 0.508. The minimum Gasteiger partial charge on any atom is -0.466 e. The molecule has 0 rings (SSSR count). The van der Waals surface area contributed by atoms with Crippen LogP contribution in [0.5, 0.6) is 0 Å². The van der Waals surface area contributed by atoms with E-state index in [1.54, 1.807) is 0 Å². The minimum atomic E-state index is -0.293. The molecule has 3 heteroatoms. The fraction of sp³-hybridized carbons (Fsp3) is 0.667. The summed E-state index contributed by atoms with van der Waals surface area (Å²) in [5.74, 6) is -0.293. The molecule has 0 bridgehead atoms. The summed E-state index contributed by atoms with van der Waals surface area (Å²) in [6.45, 7) is 6.75. The number of carbonyl (C=O) groups excluding carboxylic acids is 1. The number of hydrogen-bond donors (Lipinski definition) is 1. The Hall–Kier alpha value is -0.830. The first-order valence-electron chi connectivity index (χ1n) is 4.04. The van der Waals surface area contributed by atoms with E-state index >= 15 is 0 Å². The Morgan fingerprint density at radius 2 is 2.17 bits per heavy atom. The highest BCUT2D eigenvalue weighted by Gasteiger charge is 1.97. The van der Waals surface area contributed by atoms with Crippen LogP contribution in [0.15, 0.2) is 11.6 Å². The first kappa shape index (κ1) is 11.2. The molecule has 12 heavy (non-hydrogen) atoms. The molecule has 1 N–H and O–H groups in total. The van der Waals surface area contributed by atoms with Crippen molar-refractivity contribution >= 4 is 5.97 Å². The van der Waals surface area contributed by atoms with Gasteiger partial charge in [0.15, 0.2) is 0 Å². The van der Waals surface area contributed by atoms with Crippen molar-refractivity contribution in [1.29, 1.82) is 0 Å². The van der Waals surface area contributed by atoms with Gasteiger partial charge in [-0.1, -0.05) is 19.4 Å². The molecule has 0 saturated heterocycles. The second-order valence-corrected chi connectivity index (χ2v) is 3.05. The van der Waals surface area contributed by atoms with Crippen LogP contribution < -0.4 is 5.32 Å². The summed E-state index contributed by atoms with van der Waals surface area (Å²) < 4.78 is 4.48. The smallest absolute Gasteiger partial charge is 0.330 e. The topological polar surface area (TPSA) is 38.3 Å². The highest BCUT2D eigenvalue weighted by molar-refractivity contribution is 5.82. The van der Waals surface area contributed by atoms with Gasteiger partial charge in [0.25, 0.3) is 0 Å². The molecule has 0 aromatic rings. The molecule has 0 unspecified atom stereocenters. The maximum atomic E-state index is 10.7. The lowest BCUT2D eigenvalue weighted by molar-refractivity contribution is -0.134. The molecule has 0 spiro atoms. The zero-order chi connectivity index (χ0) is 9.56. The van der Waals surface area contributed by atoms with Crippen molar-refractivity contribution in [3.63, 3.8) is 0 Å². The van der Waals surface area contributed by atoms with Gasteiger partial charge in [0.1, 0.15) is 0 Å². The van der Waals surface area contributed by atoms with Crippen LogP contribution in [0.2, 0.25) is 0 Å². The van der Waals surface area contributed by atoms with E-state index in [0.29, 0.717) is 6.04 Å². The lowest BCUT2D eigenvalue weighted by Gasteiger charge is -2.07. The van der Waals surface area contributed by atoms with Gasteiger partial charge in [-0.2, -0.15) is 0 Å². The molecule has 0 heterocycles. The van der Waals surface area contributed by atoms with Crippen LogP contribution in [0, 0.1) is 0 Å². The number of rotatable bonds is 4.